The Kier molecular flexibility index (Phi) is 29.5. The lowest BCUT2D eigenvalue weighted by molar-refractivity contribution is -0.205. The maximum absolute atomic E-state index is 15.0. The number of ketones is 1. The van der Waals surface area contributed by atoms with E-state index in [1.807, 2.05) is 20.0 Å². The lowest BCUT2D eigenvalue weighted by Crippen LogP contribution is -2.73. The maximum atomic E-state index is 15.0. The van der Waals surface area contributed by atoms with Gasteiger partial charge in [0.2, 0.25) is 23.6 Å². The first-order chi connectivity index (χ1) is 53.1. The van der Waals surface area contributed by atoms with Gasteiger partial charge in [-0.2, -0.15) is 0 Å². The number of ether oxygens (including phenoxy) is 8. The van der Waals surface area contributed by atoms with Crippen molar-refractivity contribution in [3.63, 3.8) is 0 Å². The highest BCUT2D eigenvalue weighted by Crippen LogP contribution is 2.75. The predicted molar refractivity (Wildman–Crippen MR) is 415 cm³/mol. The van der Waals surface area contributed by atoms with Gasteiger partial charge in [0.1, 0.15) is 6.61 Å². The Hall–Kier alpha value is -8.31. The van der Waals surface area contributed by atoms with E-state index in [0.717, 1.165) is 32.5 Å². The van der Waals surface area contributed by atoms with Crippen molar-refractivity contribution < 1.29 is 99.9 Å². The fourth-order valence-electron chi connectivity index (χ4n) is 14.9. The number of nitrogens with one attached hydrogen (secondary N) is 5. The SMILES string of the molecule is Cc1c[nH]c2c(OC(=O)N(C)CCN(C)C(=S)OCc3ccc(NC(=O)[C@H](CCCNC(N)=O)CC(=O)[C@@H](NC(=O)CCOCCOCCOCCOCCOCCOCCN4C(=O)C=CC4=O)C(C)C)cc3)cc3c(c12)[C@H](CCl)CN3C(=O)C12CC(C(=O)N3C[C@@H](CCl)c4c3cc(OP(=O)(O)O)c3[nH]cc(C)c43)(C1)C2. The van der Waals surface area contributed by atoms with Crippen molar-refractivity contribution in [3.8, 4) is 11.5 Å². The normalized spacial score (nSPS) is 18.7. The van der Waals surface area contributed by atoms with Crippen LogP contribution in [0.15, 0.2) is 60.9 Å². The molecule has 0 spiro atoms. The van der Waals surface area contributed by atoms with E-state index >= 15 is 0 Å². The van der Waals surface area contributed by atoms with Crippen molar-refractivity contribution in [1.82, 2.24) is 35.3 Å². The standard InChI is InChI=1S/C75H98Cl2N11O21PS/c1-45(2)65(83-58(90)15-20-101-22-24-103-26-28-105-30-31-106-29-27-104-25-23-102-21-19-86-59(91)13-14-60(86)92)55(89)32-49(8-7-16-79-71(78)96)68(93)82-52-11-9-48(10-12-52)41-107-73(111)85(6)18-17-84(5)72(97)108-56-33-53-63(61-46(3)37-80-66(56)61)50(35-76)39-87(53)69(94)74-42-75(43-74,44-74)70(95)88-40-51(36-77)64-54(88)34-57(109-110(98,99)100)67-62(64)47(4)38-81-67/h9-14,33-34,37-38,45,49-51,65,80-81H,7-8,15-32,35-36,39-44H2,1-6H3,(H,82,93)(H,83,90)(H3,78,79,96)(H2,98,99,100)/t49-,50-,51-,65+,74?,75?/m1/s1. The number of aromatic nitrogens is 2. The molecule has 111 heavy (non-hydrogen) atoms. The number of carbonyl (C=O) groups is 9. The number of imide groups is 1. The predicted octanol–water partition coefficient (Wildman–Crippen LogP) is 7.33. The number of anilines is 3. The van der Waals surface area contributed by atoms with E-state index in [0.29, 0.717) is 118 Å². The molecule has 2 bridgehead atoms. The third kappa shape index (κ3) is 20.9. The summed E-state index contributed by atoms with van der Waals surface area (Å²) in [6.45, 7) is 12.3. The summed E-state index contributed by atoms with van der Waals surface area (Å²) in [4.78, 5) is 153. The van der Waals surface area contributed by atoms with Crippen LogP contribution in [-0.4, -0.2) is 243 Å². The van der Waals surface area contributed by atoms with Gasteiger partial charge in [-0.1, -0.05) is 26.0 Å². The van der Waals surface area contributed by atoms with Gasteiger partial charge in [0.15, 0.2) is 17.3 Å². The summed E-state index contributed by atoms with van der Waals surface area (Å²) >= 11 is 18.9. The molecule has 3 aliphatic carbocycles. The number of primary amides is 1. The van der Waals surface area contributed by atoms with E-state index < -0.39 is 54.6 Å². The molecule has 4 atom stereocenters. The number of halogens is 2. The van der Waals surface area contributed by atoms with E-state index in [9.17, 15) is 57.5 Å². The number of rotatable bonds is 44. The van der Waals surface area contributed by atoms with Gasteiger partial charge >= 0.3 is 19.9 Å². The second-order valence-corrected chi connectivity index (χ2v) is 31.0. The minimum absolute atomic E-state index is 0.0201. The highest BCUT2D eigenvalue weighted by atomic mass is 35.5. The molecular formula is C75H98Cl2N11O21PS. The fourth-order valence-corrected chi connectivity index (χ4v) is 15.9. The highest BCUT2D eigenvalue weighted by Gasteiger charge is 2.76. The van der Waals surface area contributed by atoms with Gasteiger partial charge in [-0.05, 0) is 104 Å². The van der Waals surface area contributed by atoms with Gasteiger partial charge in [0, 0.05) is 142 Å². The van der Waals surface area contributed by atoms with Gasteiger partial charge in [0.25, 0.3) is 17.0 Å². The van der Waals surface area contributed by atoms with Crippen LogP contribution in [0.5, 0.6) is 11.5 Å². The summed E-state index contributed by atoms with van der Waals surface area (Å²) in [6.07, 6.45) is 6.50. The highest BCUT2D eigenvalue weighted by molar-refractivity contribution is 7.80. The number of H-pyrrole nitrogens is 2. The number of nitrogens with zero attached hydrogens (tertiary/aromatic N) is 5. The molecule has 9 N–H and O–H groups in total. The number of nitrogens with two attached hydrogens (primary N) is 1. The minimum atomic E-state index is -4.99. The Morgan fingerprint density at radius 2 is 1.20 bits per heavy atom. The Bertz CT molecular complexity index is 4290. The largest absolute Gasteiger partial charge is 0.524 e. The third-order valence-corrected chi connectivity index (χ3v) is 22.2. The van der Waals surface area contributed by atoms with Crippen LogP contribution in [0.2, 0.25) is 0 Å². The van der Waals surface area contributed by atoms with Gasteiger partial charge < -0.3 is 93.7 Å². The van der Waals surface area contributed by atoms with Crippen LogP contribution < -0.4 is 40.7 Å². The topological polar surface area (TPSA) is 404 Å². The zero-order valence-corrected chi connectivity index (χ0v) is 66.3. The van der Waals surface area contributed by atoms with Crippen LogP contribution >= 0.6 is 43.2 Å². The average molecular weight is 1620 g/mol. The molecule has 0 unspecified atom stereocenters. The lowest BCUT2D eigenvalue weighted by Gasteiger charge is -2.69. The average Bonchev–Trinajstić information content (AvgIpc) is 1.58. The molecule has 5 aromatic rings. The van der Waals surface area contributed by atoms with Crippen LogP contribution in [0.25, 0.3) is 21.8 Å². The van der Waals surface area contributed by atoms with E-state index in [2.05, 4.69) is 25.9 Å². The molecule has 36 heteroatoms. The number of hydrogen-bond donors (Lipinski definition) is 8. The van der Waals surface area contributed by atoms with Gasteiger partial charge in [-0.15, -0.1) is 23.2 Å². The number of phosphoric acid groups is 1. The van der Waals surface area contributed by atoms with Crippen LogP contribution in [0.1, 0.15) is 98.4 Å². The monoisotopic (exact) mass is 1620 g/mol. The summed E-state index contributed by atoms with van der Waals surface area (Å²) in [7, 11) is -1.69. The van der Waals surface area contributed by atoms with Crippen LogP contribution in [-0.2, 0) is 77.9 Å². The number of thiocarbonyl (C=S) groups is 1. The maximum Gasteiger partial charge on any atom is 0.524 e. The van der Waals surface area contributed by atoms with Gasteiger partial charge in [0.05, 0.1) is 125 Å². The number of phosphoric ester groups is 1. The van der Waals surface area contributed by atoms with Crippen molar-refractivity contribution in [2.45, 2.75) is 97.1 Å². The quantitative estimate of drug-likeness (QED) is 0.00622. The number of aryl methyl sites for hydroxylation is 2. The summed E-state index contributed by atoms with van der Waals surface area (Å²) < 4.78 is 62.4. The number of alkyl halides is 2. The van der Waals surface area contributed by atoms with Crippen LogP contribution in [0.3, 0.4) is 0 Å². The number of likely N-dealkylation sites (N-methyl/N-ethyl adjacent to an activating group) is 2. The Morgan fingerprint density at radius 3 is 1.69 bits per heavy atom. The lowest BCUT2D eigenvalue weighted by atomic mass is 9.34. The van der Waals surface area contributed by atoms with E-state index in [1.54, 1.807) is 79.2 Å². The van der Waals surface area contributed by atoms with E-state index in [-0.39, 0.29) is 167 Å². The number of urea groups is 1. The fraction of sp³-hybridized carbons (Fsp3) is 0.547. The summed E-state index contributed by atoms with van der Waals surface area (Å²) in [5, 5.41) is 9.84. The molecule has 5 heterocycles. The zero-order chi connectivity index (χ0) is 79.9. The molecule has 604 valence electrons. The molecule has 0 radical (unpaired) electrons. The zero-order valence-electron chi connectivity index (χ0n) is 63.0. The molecule has 3 fully saturated rings. The molecule has 2 aromatic heterocycles. The molecule has 3 aliphatic heterocycles. The number of fused-ring (bicyclic) bond motifs is 6. The Morgan fingerprint density at radius 1 is 0.712 bits per heavy atom. The number of aromatic amines is 2. The van der Waals surface area contributed by atoms with Crippen molar-refractivity contribution in [2.75, 3.05) is 160 Å². The van der Waals surface area contributed by atoms with E-state index in [1.165, 1.54) is 23.1 Å². The number of amides is 9. The van der Waals surface area contributed by atoms with Gasteiger partial charge in [-0.3, -0.25) is 48.2 Å². The van der Waals surface area contributed by atoms with Crippen LogP contribution in [0.4, 0.5) is 26.7 Å². The minimum Gasteiger partial charge on any atom is -0.466 e. The number of Topliss-reactive ketones (excluding diaryl/α,β-unsaturated/α-hetero) is 1. The number of benzene rings is 3. The molecular weight excluding hydrogens is 1520 g/mol. The van der Waals surface area contributed by atoms with Crippen molar-refractivity contribution in [2.24, 2.45) is 28.4 Å². The molecule has 6 aliphatic rings. The second-order valence-electron chi connectivity index (χ2n) is 28.9. The molecule has 11 rings (SSSR count). The Balaban J connectivity index is 0.631. The molecule has 9 amide bonds. The smallest absolute Gasteiger partial charge is 0.466 e. The summed E-state index contributed by atoms with van der Waals surface area (Å²) in [5.41, 5.74) is 10.0. The summed E-state index contributed by atoms with van der Waals surface area (Å²) in [6, 6.07) is 8.41. The van der Waals surface area contributed by atoms with Crippen LogP contribution in [0, 0.1) is 36.5 Å². The Labute approximate surface area is 657 Å². The molecule has 0 saturated heterocycles. The third-order valence-electron chi connectivity index (χ3n) is 20.5. The second kappa shape index (κ2) is 38.5. The molecule has 32 nitrogen and oxygen atoms in total. The first-order valence-corrected chi connectivity index (χ1v) is 39.9. The van der Waals surface area contributed by atoms with E-state index in [4.69, 9.17) is 83.6 Å². The van der Waals surface area contributed by atoms with Crippen molar-refractivity contribution >= 4 is 141 Å². The molecule has 3 aromatic carbocycles. The number of carbonyl (C=O) groups excluding carboxylic acids is 9. The summed E-state index contributed by atoms with van der Waals surface area (Å²) in [5.74, 6) is -3.42. The van der Waals surface area contributed by atoms with Crippen molar-refractivity contribution in [3.05, 3.63) is 88.8 Å². The number of hydrogen-bond acceptors (Lipinski definition) is 20. The van der Waals surface area contributed by atoms with Gasteiger partial charge in [-0.25, -0.2) is 14.2 Å². The first kappa shape index (κ1) is 85.1. The van der Waals surface area contributed by atoms with Crippen molar-refractivity contribution in [1.29, 1.82) is 0 Å². The first-order valence-electron chi connectivity index (χ1n) is 36.9. The molecule has 3 saturated carbocycles.